The van der Waals surface area contributed by atoms with Crippen LogP contribution in [0.4, 0.5) is 5.82 Å². The van der Waals surface area contributed by atoms with E-state index in [0.717, 1.165) is 32.1 Å². The number of hydrogen-bond acceptors (Lipinski definition) is 4. The van der Waals surface area contributed by atoms with Gasteiger partial charge in [0.25, 0.3) is 0 Å². The fourth-order valence-electron chi connectivity index (χ4n) is 1.59. The summed E-state index contributed by atoms with van der Waals surface area (Å²) in [6.07, 6.45) is 0. The largest absolute Gasteiger partial charge is 0.378 e. The lowest BCUT2D eigenvalue weighted by molar-refractivity contribution is 0.101. The number of pyridine rings is 1. The molecule has 0 N–H and O–H groups in total. The quantitative estimate of drug-likeness (QED) is 0.680. The molecule has 4 heteroatoms. The molecule has 0 atom stereocenters. The van der Waals surface area contributed by atoms with Gasteiger partial charge in [0.1, 0.15) is 11.5 Å². The van der Waals surface area contributed by atoms with Gasteiger partial charge in [0.15, 0.2) is 5.78 Å². The van der Waals surface area contributed by atoms with E-state index in [-0.39, 0.29) is 5.78 Å². The first-order valence-electron chi connectivity index (χ1n) is 5.08. The van der Waals surface area contributed by atoms with Crippen LogP contribution in [0.1, 0.15) is 17.4 Å². The molecule has 1 aromatic rings. The zero-order valence-electron chi connectivity index (χ0n) is 8.77. The van der Waals surface area contributed by atoms with E-state index < -0.39 is 0 Å². The summed E-state index contributed by atoms with van der Waals surface area (Å²) in [5.74, 6) is 0.871. The van der Waals surface area contributed by atoms with Crippen LogP contribution in [0.5, 0.6) is 0 Å². The van der Waals surface area contributed by atoms with E-state index in [1.165, 1.54) is 6.92 Å². The molecule has 2 rings (SSSR count). The average Bonchev–Trinajstić information content (AvgIpc) is 2.30. The summed E-state index contributed by atoms with van der Waals surface area (Å²) in [6, 6.07) is 5.54. The van der Waals surface area contributed by atoms with Crippen molar-refractivity contribution in [3.63, 3.8) is 0 Å². The van der Waals surface area contributed by atoms with E-state index in [9.17, 15) is 4.79 Å². The number of anilines is 1. The van der Waals surface area contributed by atoms with E-state index in [1.807, 2.05) is 12.1 Å². The molecule has 0 aromatic carbocycles. The van der Waals surface area contributed by atoms with Crippen LogP contribution in [-0.4, -0.2) is 37.1 Å². The van der Waals surface area contributed by atoms with Gasteiger partial charge in [-0.25, -0.2) is 4.98 Å². The molecule has 15 heavy (non-hydrogen) atoms. The summed E-state index contributed by atoms with van der Waals surface area (Å²) in [7, 11) is 0. The highest BCUT2D eigenvalue weighted by molar-refractivity contribution is 5.92. The number of carbonyl (C=O) groups is 1. The van der Waals surface area contributed by atoms with Crippen molar-refractivity contribution in [2.75, 3.05) is 31.2 Å². The summed E-state index contributed by atoms with van der Waals surface area (Å²) >= 11 is 0. The molecular formula is C11H14N2O2. The highest BCUT2D eigenvalue weighted by Gasteiger charge is 2.13. The van der Waals surface area contributed by atoms with Gasteiger partial charge in [-0.05, 0) is 12.1 Å². The first-order chi connectivity index (χ1) is 7.27. The first kappa shape index (κ1) is 10.1. The molecule has 0 unspecified atom stereocenters. The highest BCUT2D eigenvalue weighted by atomic mass is 16.5. The fourth-order valence-corrected chi connectivity index (χ4v) is 1.59. The van der Waals surface area contributed by atoms with Crippen LogP contribution >= 0.6 is 0 Å². The minimum atomic E-state index is 0.00473. The van der Waals surface area contributed by atoms with Crippen molar-refractivity contribution < 1.29 is 9.53 Å². The highest BCUT2D eigenvalue weighted by Crippen LogP contribution is 2.13. The van der Waals surface area contributed by atoms with Crippen LogP contribution in [-0.2, 0) is 4.74 Å². The summed E-state index contributed by atoms with van der Waals surface area (Å²) in [5, 5.41) is 0. The van der Waals surface area contributed by atoms with E-state index >= 15 is 0 Å². The number of ether oxygens (including phenoxy) is 1. The molecule has 2 heterocycles. The van der Waals surface area contributed by atoms with Crippen LogP contribution in [0.3, 0.4) is 0 Å². The molecular weight excluding hydrogens is 192 g/mol. The van der Waals surface area contributed by atoms with Crippen LogP contribution in [0.15, 0.2) is 18.2 Å². The molecule has 0 spiro atoms. The number of aromatic nitrogens is 1. The van der Waals surface area contributed by atoms with Crippen molar-refractivity contribution in [3.05, 3.63) is 23.9 Å². The van der Waals surface area contributed by atoms with Crippen LogP contribution in [0, 0.1) is 0 Å². The number of carbonyl (C=O) groups excluding carboxylic acids is 1. The van der Waals surface area contributed by atoms with Gasteiger partial charge in [0.05, 0.1) is 13.2 Å². The molecule has 1 fully saturated rings. The second kappa shape index (κ2) is 4.40. The molecule has 0 saturated carbocycles. The maximum atomic E-state index is 11.2. The van der Waals surface area contributed by atoms with Crippen molar-refractivity contribution in [1.82, 2.24) is 4.98 Å². The molecule has 0 aliphatic carbocycles. The smallest absolute Gasteiger partial charge is 0.178 e. The SMILES string of the molecule is CC(=O)c1cccc(N2CCOCC2)n1. The Labute approximate surface area is 88.9 Å². The van der Waals surface area contributed by atoms with Crippen molar-refractivity contribution in [3.8, 4) is 0 Å². The Morgan fingerprint density at radius 1 is 1.40 bits per heavy atom. The van der Waals surface area contributed by atoms with Gasteiger partial charge < -0.3 is 9.64 Å². The maximum Gasteiger partial charge on any atom is 0.178 e. The lowest BCUT2D eigenvalue weighted by Crippen LogP contribution is -2.36. The molecule has 0 amide bonds. The number of Topliss-reactive ketones (excluding diaryl/α,β-unsaturated/α-hetero) is 1. The average molecular weight is 206 g/mol. The Hall–Kier alpha value is -1.42. The van der Waals surface area contributed by atoms with Gasteiger partial charge in [0.2, 0.25) is 0 Å². The molecule has 1 aliphatic rings. The molecule has 1 saturated heterocycles. The normalized spacial score (nSPS) is 16.5. The van der Waals surface area contributed by atoms with E-state index in [4.69, 9.17) is 4.74 Å². The number of morpholine rings is 1. The Bertz CT molecular complexity index is 359. The lowest BCUT2D eigenvalue weighted by Gasteiger charge is -2.27. The minimum Gasteiger partial charge on any atom is -0.378 e. The monoisotopic (exact) mass is 206 g/mol. The van der Waals surface area contributed by atoms with Crippen LogP contribution in [0.25, 0.3) is 0 Å². The summed E-state index contributed by atoms with van der Waals surface area (Å²) in [5.41, 5.74) is 0.527. The Morgan fingerprint density at radius 3 is 2.80 bits per heavy atom. The van der Waals surface area contributed by atoms with Crippen LogP contribution < -0.4 is 4.90 Å². The number of hydrogen-bond donors (Lipinski definition) is 0. The van der Waals surface area contributed by atoms with Crippen molar-refractivity contribution in [1.29, 1.82) is 0 Å². The summed E-state index contributed by atoms with van der Waals surface area (Å²) in [4.78, 5) is 17.6. The van der Waals surface area contributed by atoms with Gasteiger partial charge in [-0.2, -0.15) is 0 Å². The molecule has 4 nitrogen and oxygen atoms in total. The topological polar surface area (TPSA) is 42.4 Å². The molecule has 1 aromatic heterocycles. The predicted molar refractivity (Wildman–Crippen MR) is 57.3 cm³/mol. The van der Waals surface area contributed by atoms with Gasteiger partial charge in [-0.1, -0.05) is 6.07 Å². The van der Waals surface area contributed by atoms with Gasteiger partial charge in [-0.3, -0.25) is 4.79 Å². The Kier molecular flexibility index (Phi) is 2.97. The molecule has 0 bridgehead atoms. The third-order valence-corrected chi connectivity index (χ3v) is 2.43. The van der Waals surface area contributed by atoms with Crippen molar-refractivity contribution in [2.24, 2.45) is 0 Å². The van der Waals surface area contributed by atoms with Gasteiger partial charge >= 0.3 is 0 Å². The third-order valence-electron chi connectivity index (χ3n) is 2.43. The van der Waals surface area contributed by atoms with E-state index in [1.54, 1.807) is 6.07 Å². The second-order valence-electron chi connectivity index (χ2n) is 3.54. The third kappa shape index (κ3) is 2.33. The van der Waals surface area contributed by atoms with Gasteiger partial charge in [-0.15, -0.1) is 0 Å². The van der Waals surface area contributed by atoms with Crippen molar-refractivity contribution >= 4 is 11.6 Å². The molecule has 0 radical (unpaired) electrons. The minimum absolute atomic E-state index is 0.00473. The first-order valence-corrected chi connectivity index (χ1v) is 5.08. The lowest BCUT2D eigenvalue weighted by atomic mass is 10.2. The number of nitrogens with zero attached hydrogens (tertiary/aromatic N) is 2. The second-order valence-corrected chi connectivity index (χ2v) is 3.54. The molecule has 80 valence electrons. The Morgan fingerprint density at radius 2 is 2.13 bits per heavy atom. The predicted octanol–water partition coefficient (Wildman–Crippen LogP) is 1.12. The fraction of sp³-hybridized carbons (Fsp3) is 0.455. The summed E-state index contributed by atoms with van der Waals surface area (Å²) < 4.78 is 5.26. The maximum absolute atomic E-state index is 11.2. The number of ketones is 1. The zero-order chi connectivity index (χ0) is 10.7. The van der Waals surface area contributed by atoms with Gasteiger partial charge in [0, 0.05) is 20.0 Å². The standard InChI is InChI=1S/C11H14N2O2/c1-9(14)10-3-2-4-11(12-10)13-5-7-15-8-6-13/h2-4H,5-8H2,1H3. The van der Waals surface area contributed by atoms with Crippen molar-refractivity contribution in [2.45, 2.75) is 6.92 Å². The Balaban J connectivity index is 2.19. The van der Waals surface area contributed by atoms with E-state index in [2.05, 4.69) is 9.88 Å². The van der Waals surface area contributed by atoms with Crippen LogP contribution in [0.2, 0.25) is 0 Å². The van der Waals surface area contributed by atoms with E-state index in [0.29, 0.717) is 5.69 Å². The zero-order valence-corrected chi connectivity index (χ0v) is 8.77. The number of rotatable bonds is 2. The summed E-state index contributed by atoms with van der Waals surface area (Å²) in [6.45, 7) is 4.67. The molecule has 1 aliphatic heterocycles.